The van der Waals surface area contributed by atoms with E-state index >= 15 is 0 Å². The number of carbonyl (C=O) groups excluding carboxylic acids is 2. The largest absolute Gasteiger partial charge is 0.508 e. The van der Waals surface area contributed by atoms with Gasteiger partial charge in [-0.15, -0.1) is 0 Å². The highest BCUT2D eigenvalue weighted by molar-refractivity contribution is 5.80. The van der Waals surface area contributed by atoms with Gasteiger partial charge in [0.2, 0.25) is 0 Å². The zero-order valence-corrected chi connectivity index (χ0v) is 18.8. The molecular weight excluding hydrogens is 443 g/mol. The van der Waals surface area contributed by atoms with Gasteiger partial charge < -0.3 is 20.3 Å². The number of amides is 2. The molecule has 180 valence electrons. The Labute approximate surface area is 196 Å². The molecule has 2 amide bonds. The van der Waals surface area contributed by atoms with Crippen LogP contribution in [-0.2, 0) is 9.53 Å². The van der Waals surface area contributed by atoms with Crippen molar-refractivity contribution in [1.82, 2.24) is 14.9 Å². The number of benzene rings is 2. The van der Waals surface area contributed by atoms with Crippen molar-refractivity contribution < 1.29 is 28.6 Å². The fourth-order valence-electron chi connectivity index (χ4n) is 5.58. The van der Waals surface area contributed by atoms with E-state index in [4.69, 9.17) is 15.2 Å². The van der Waals surface area contributed by atoms with E-state index in [1.807, 2.05) is 4.90 Å². The highest BCUT2D eigenvalue weighted by atomic mass is 19.1. The minimum Gasteiger partial charge on any atom is -0.508 e. The molecule has 0 aromatic heterocycles. The molecule has 10 heteroatoms. The summed E-state index contributed by atoms with van der Waals surface area (Å²) in [5.74, 6) is -0.939. The SMILES string of the molecule is COC(=O)N1[C@H](c2cccc(O)c2)[C@@H]2COc3ccc(F)cc3C2N1C(C(N)=O)N1CCCC1. The molecule has 2 saturated heterocycles. The summed E-state index contributed by atoms with van der Waals surface area (Å²) in [6.07, 6.45) is 0.152. The quantitative estimate of drug-likeness (QED) is 0.707. The smallest absolute Gasteiger partial charge is 0.424 e. The van der Waals surface area contributed by atoms with Gasteiger partial charge in [0, 0.05) is 24.6 Å². The van der Waals surface area contributed by atoms with Gasteiger partial charge in [0.15, 0.2) is 6.17 Å². The number of methoxy groups -OCH3 is 1. The van der Waals surface area contributed by atoms with Crippen LogP contribution in [0, 0.1) is 11.7 Å². The molecule has 3 aliphatic rings. The number of phenolic OH excluding ortho intramolecular Hbond substituents is 1. The summed E-state index contributed by atoms with van der Waals surface area (Å²) in [6, 6.07) is 9.58. The van der Waals surface area contributed by atoms with Gasteiger partial charge in [0.05, 0.1) is 25.8 Å². The van der Waals surface area contributed by atoms with E-state index in [-0.39, 0.29) is 18.3 Å². The lowest BCUT2D eigenvalue weighted by molar-refractivity contribution is -0.146. The zero-order chi connectivity index (χ0) is 24.0. The Kier molecular flexibility index (Phi) is 5.78. The Bertz CT molecular complexity index is 1110. The number of nitrogens with zero attached hydrogens (tertiary/aromatic N) is 3. The minimum absolute atomic E-state index is 0.0338. The number of hydrogen-bond donors (Lipinski definition) is 2. The van der Waals surface area contributed by atoms with E-state index < -0.39 is 36.1 Å². The highest BCUT2D eigenvalue weighted by Crippen LogP contribution is 2.54. The van der Waals surface area contributed by atoms with Crippen LogP contribution in [0.15, 0.2) is 42.5 Å². The molecule has 2 fully saturated rings. The van der Waals surface area contributed by atoms with Crippen molar-refractivity contribution in [3.63, 3.8) is 0 Å². The summed E-state index contributed by atoms with van der Waals surface area (Å²) in [5.41, 5.74) is 7.10. The van der Waals surface area contributed by atoms with Crippen molar-refractivity contribution in [1.29, 1.82) is 0 Å². The number of aromatic hydroxyl groups is 1. The summed E-state index contributed by atoms with van der Waals surface area (Å²) >= 11 is 0. The van der Waals surface area contributed by atoms with Crippen LogP contribution in [0.25, 0.3) is 0 Å². The van der Waals surface area contributed by atoms with Gasteiger partial charge in [-0.25, -0.2) is 14.2 Å². The van der Waals surface area contributed by atoms with Gasteiger partial charge >= 0.3 is 6.09 Å². The van der Waals surface area contributed by atoms with E-state index in [9.17, 15) is 19.1 Å². The van der Waals surface area contributed by atoms with E-state index in [2.05, 4.69) is 0 Å². The number of hydrazine groups is 1. The Hall–Kier alpha value is -3.37. The first-order valence-electron chi connectivity index (χ1n) is 11.3. The van der Waals surface area contributed by atoms with Gasteiger partial charge in [-0.1, -0.05) is 12.1 Å². The number of fused-ring (bicyclic) bond motifs is 3. The molecule has 0 radical (unpaired) electrons. The third-order valence-electron chi connectivity index (χ3n) is 6.90. The normalized spacial score (nSPS) is 25.4. The van der Waals surface area contributed by atoms with Crippen molar-refractivity contribution in [3.05, 3.63) is 59.4 Å². The lowest BCUT2D eigenvalue weighted by atomic mass is 9.84. The van der Waals surface area contributed by atoms with Crippen LogP contribution >= 0.6 is 0 Å². The van der Waals surface area contributed by atoms with Gasteiger partial charge in [-0.05, 0) is 48.7 Å². The molecule has 0 spiro atoms. The van der Waals surface area contributed by atoms with E-state index in [0.29, 0.717) is 30.0 Å². The first-order valence-corrected chi connectivity index (χ1v) is 11.3. The molecule has 34 heavy (non-hydrogen) atoms. The van der Waals surface area contributed by atoms with E-state index in [0.717, 1.165) is 12.8 Å². The lowest BCUT2D eigenvalue weighted by Gasteiger charge is -2.42. The van der Waals surface area contributed by atoms with Gasteiger partial charge in [-0.3, -0.25) is 9.69 Å². The molecule has 2 aromatic rings. The van der Waals surface area contributed by atoms with E-state index in [1.54, 1.807) is 29.3 Å². The van der Waals surface area contributed by atoms with Crippen LogP contribution in [0.4, 0.5) is 9.18 Å². The second-order valence-electron chi connectivity index (χ2n) is 8.86. The summed E-state index contributed by atoms with van der Waals surface area (Å²) < 4.78 is 25.6. The molecule has 3 aliphatic heterocycles. The number of phenols is 1. The fraction of sp³-hybridized carbons (Fsp3) is 0.417. The molecule has 5 rings (SSSR count). The topological polar surface area (TPSA) is 109 Å². The molecule has 0 aliphatic carbocycles. The predicted molar refractivity (Wildman–Crippen MR) is 119 cm³/mol. The Balaban J connectivity index is 1.73. The Morgan fingerprint density at radius 1 is 1.18 bits per heavy atom. The maximum atomic E-state index is 14.4. The number of carbonyl (C=O) groups is 2. The lowest BCUT2D eigenvalue weighted by Crippen LogP contribution is -2.60. The number of hydrogen-bond acceptors (Lipinski definition) is 7. The van der Waals surface area contributed by atoms with E-state index in [1.165, 1.54) is 30.3 Å². The molecule has 3 heterocycles. The third kappa shape index (κ3) is 3.63. The molecule has 2 aromatic carbocycles. The van der Waals surface area contributed by atoms with Gasteiger partial charge in [-0.2, -0.15) is 5.01 Å². The second kappa shape index (κ2) is 8.77. The number of primary amides is 1. The average molecular weight is 471 g/mol. The highest BCUT2D eigenvalue weighted by Gasteiger charge is 2.58. The molecule has 3 N–H and O–H groups in total. The summed E-state index contributed by atoms with van der Waals surface area (Å²) in [4.78, 5) is 28.1. The molecular formula is C24H27FN4O5. The fourth-order valence-corrected chi connectivity index (χ4v) is 5.58. The maximum absolute atomic E-state index is 14.4. The number of nitrogens with two attached hydrogens (primary N) is 1. The molecule has 0 bridgehead atoms. The molecule has 2 unspecified atom stereocenters. The minimum atomic E-state index is -0.953. The summed E-state index contributed by atoms with van der Waals surface area (Å²) in [6.45, 7) is 1.48. The number of ether oxygens (including phenoxy) is 2. The number of halogens is 1. The Morgan fingerprint density at radius 3 is 2.62 bits per heavy atom. The monoisotopic (exact) mass is 470 g/mol. The van der Waals surface area contributed by atoms with Crippen LogP contribution in [0.3, 0.4) is 0 Å². The third-order valence-corrected chi connectivity index (χ3v) is 6.90. The summed E-state index contributed by atoms with van der Waals surface area (Å²) in [7, 11) is 1.27. The zero-order valence-electron chi connectivity index (χ0n) is 18.8. The molecule has 4 atom stereocenters. The van der Waals surface area contributed by atoms with Crippen LogP contribution < -0.4 is 10.5 Å². The van der Waals surface area contributed by atoms with Crippen LogP contribution in [-0.4, -0.2) is 65.0 Å². The van der Waals surface area contributed by atoms with Crippen LogP contribution in [0.5, 0.6) is 11.5 Å². The first-order chi connectivity index (χ1) is 16.4. The van der Waals surface area contributed by atoms with Gasteiger partial charge in [0.1, 0.15) is 17.3 Å². The van der Waals surface area contributed by atoms with Crippen molar-refractivity contribution in [3.8, 4) is 11.5 Å². The summed E-state index contributed by atoms with van der Waals surface area (Å²) in [5, 5.41) is 13.2. The van der Waals surface area contributed by atoms with Crippen molar-refractivity contribution in [2.45, 2.75) is 31.1 Å². The first kappa shape index (κ1) is 22.4. The maximum Gasteiger partial charge on any atom is 0.424 e. The number of rotatable bonds is 4. The van der Waals surface area contributed by atoms with Crippen molar-refractivity contribution in [2.24, 2.45) is 11.7 Å². The van der Waals surface area contributed by atoms with Crippen molar-refractivity contribution in [2.75, 3.05) is 26.8 Å². The van der Waals surface area contributed by atoms with Crippen molar-refractivity contribution >= 4 is 12.0 Å². The second-order valence-corrected chi connectivity index (χ2v) is 8.86. The van der Waals surface area contributed by atoms with Crippen LogP contribution in [0.1, 0.15) is 36.1 Å². The number of likely N-dealkylation sites (tertiary alicyclic amines) is 1. The average Bonchev–Trinajstić information content (AvgIpc) is 3.45. The molecule has 0 saturated carbocycles. The Morgan fingerprint density at radius 2 is 1.94 bits per heavy atom. The predicted octanol–water partition coefficient (Wildman–Crippen LogP) is 2.53. The standard InChI is InChI=1S/C24H27FN4O5/c1-33-24(32)29-20(14-5-4-6-16(30)11-14)18-13-34-19-8-7-15(25)12-17(19)21(18)28(29)23(22(26)31)27-9-2-3-10-27/h4-8,11-12,18,20-21,23,30H,2-3,9-10,13H2,1H3,(H2,26,31)/t18-,20+,21?,23?/m0/s1. The van der Waals surface area contributed by atoms with Crippen LogP contribution in [0.2, 0.25) is 0 Å². The van der Waals surface area contributed by atoms with Gasteiger partial charge in [0.25, 0.3) is 5.91 Å². The molecule has 9 nitrogen and oxygen atoms in total.